The molecule has 0 spiro atoms. The molecule has 1 aromatic carbocycles. The number of nitro groups is 1. The van der Waals surface area contributed by atoms with Crippen molar-refractivity contribution in [2.75, 3.05) is 7.05 Å². The zero-order chi connectivity index (χ0) is 15.4. The SMILES string of the molecule is CCC(NC)c1ccn(Cc2ccc(Cl)cc2[N+](=O)[O-])c1. The fourth-order valence-electron chi connectivity index (χ4n) is 2.41. The summed E-state index contributed by atoms with van der Waals surface area (Å²) in [5, 5.41) is 14.7. The third kappa shape index (κ3) is 3.62. The maximum atomic E-state index is 11.1. The van der Waals surface area contributed by atoms with Crippen molar-refractivity contribution in [3.8, 4) is 0 Å². The highest BCUT2D eigenvalue weighted by atomic mass is 35.5. The van der Waals surface area contributed by atoms with Crippen LogP contribution in [0.5, 0.6) is 0 Å². The minimum absolute atomic E-state index is 0.0541. The van der Waals surface area contributed by atoms with Gasteiger partial charge in [-0.1, -0.05) is 18.5 Å². The molecule has 2 rings (SSSR count). The molecule has 0 bridgehead atoms. The predicted octanol–water partition coefficient (Wildman–Crippen LogP) is 3.77. The summed E-state index contributed by atoms with van der Waals surface area (Å²) in [5.41, 5.74) is 1.87. The number of rotatable bonds is 6. The van der Waals surface area contributed by atoms with E-state index in [9.17, 15) is 10.1 Å². The van der Waals surface area contributed by atoms with Crippen molar-refractivity contribution in [3.05, 3.63) is 62.9 Å². The first-order chi connectivity index (χ1) is 10.0. The summed E-state index contributed by atoms with van der Waals surface area (Å²) in [6.45, 7) is 2.57. The number of hydrogen-bond donors (Lipinski definition) is 1. The number of halogens is 1. The van der Waals surface area contributed by atoms with Gasteiger partial charge in [0.15, 0.2) is 0 Å². The Morgan fingerprint density at radius 1 is 1.43 bits per heavy atom. The molecule has 2 aromatic rings. The van der Waals surface area contributed by atoms with E-state index in [0.29, 0.717) is 23.2 Å². The first kappa shape index (κ1) is 15.5. The summed E-state index contributed by atoms with van der Waals surface area (Å²) >= 11 is 5.83. The minimum Gasteiger partial charge on any atom is -0.349 e. The van der Waals surface area contributed by atoms with Crippen LogP contribution in [0.2, 0.25) is 5.02 Å². The van der Waals surface area contributed by atoms with Crippen LogP contribution in [0.15, 0.2) is 36.7 Å². The molecule has 1 N–H and O–H groups in total. The number of nitrogens with one attached hydrogen (secondary N) is 1. The van der Waals surface area contributed by atoms with Gasteiger partial charge in [-0.3, -0.25) is 10.1 Å². The van der Waals surface area contributed by atoms with Crippen LogP contribution in [0.25, 0.3) is 0 Å². The van der Waals surface area contributed by atoms with E-state index in [0.717, 1.165) is 6.42 Å². The molecule has 1 heterocycles. The Kier molecular flexibility index (Phi) is 4.98. The molecule has 0 fully saturated rings. The molecule has 1 atom stereocenters. The molecule has 112 valence electrons. The van der Waals surface area contributed by atoms with Gasteiger partial charge in [0.25, 0.3) is 5.69 Å². The molecule has 0 aliphatic rings. The Morgan fingerprint density at radius 3 is 2.81 bits per heavy atom. The zero-order valence-corrected chi connectivity index (χ0v) is 12.8. The first-order valence-corrected chi connectivity index (χ1v) is 7.18. The molecule has 1 aromatic heterocycles. The number of benzene rings is 1. The van der Waals surface area contributed by atoms with Crippen molar-refractivity contribution in [2.45, 2.75) is 25.9 Å². The summed E-state index contributed by atoms with van der Waals surface area (Å²) in [6.07, 6.45) is 4.94. The molecule has 0 saturated carbocycles. The second-order valence-corrected chi connectivity index (χ2v) is 5.33. The van der Waals surface area contributed by atoms with Gasteiger partial charge in [-0.05, 0) is 37.2 Å². The molecule has 0 aliphatic carbocycles. The third-order valence-electron chi connectivity index (χ3n) is 3.53. The summed E-state index contributed by atoms with van der Waals surface area (Å²) < 4.78 is 1.95. The van der Waals surface area contributed by atoms with Gasteiger partial charge in [0.1, 0.15) is 0 Å². The van der Waals surface area contributed by atoms with Gasteiger partial charge in [-0.15, -0.1) is 0 Å². The van der Waals surface area contributed by atoms with Crippen LogP contribution < -0.4 is 5.32 Å². The average molecular weight is 308 g/mol. The lowest BCUT2D eigenvalue weighted by atomic mass is 10.1. The molecular formula is C15H18ClN3O2. The Bertz CT molecular complexity index is 636. The Morgan fingerprint density at radius 2 is 2.19 bits per heavy atom. The second kappa shape index (κ2) is 6.74. The Balaban J connectivity index is 2.25. The molecule has 5 nitrogen and oxygen atoms in total. The first-order valence-electron chi connectivity index (χ1n) is 6.81. The Hall–Kier alpha value is -1.85. The maximum absolute atomic E-state index is 11.1. The van der Waals surface area contributed by atoms with Crippen molar-refractivity contribution in [2.24, 2.45) is 0 Å². The van der Waals surface area contributed by atoms with Crippen LogP contribution in [0.3, 0.4) is 0 Å². The highest BCUT2D eigenvalue weighted by Gasteiger charge is 2.15. The van der Waals surface area contributed by atoms with Crippen LogP contribution in [-0.2, 0) is 6.54 Å². The zero-order valence-electron chi connectivity index (χ0n) is 12.0. The standard InChI is InChI=1S/C15H18ClN3O2/c1-3-14(17-2)11-6-7-18(9-11)10-12-4-5-13(16)8-15(12)19(20)21/h4-9,14,17H,3,10H2,1-2H3. The van der Waals surface area contributed by atoms with E-state index in [-0.39, 0.29) is 5.69 Å². The van der Waals surface area contributed by atoms with Crippen LogP contribution >= 0.6 is 11.6 Å². The number of nitro benzene ring substituents is 1. The number of aromatic nitrogens is 1. The summed E-state index contributed by atoms with van der Waals surface area (Å²) in [5.74, 6) is 0. The number of nitrogens with zero attached hydrogens (tertiary/aromatic N) is 2. The normalized spacial score (nSPS) is 12.3. The fraction of sp³-hybridized carbons (Fsp3) is 0.333. The highest BCUT2D eigenvalue weighted by Crippen LogP contribution is 2.25. The largest absolute Gasteiger partial charge is 0.349 e. The summed E-state index contributed by atoms with van der Waals surface area (Å²) in [6, 6.07) is 7.11. The topological polar surface area (TPSA) is 60.1 Å². The lowest BCUT2D eigenvalue weighted by Crippen LogP contribution is -2.14. The van der Waals surface area contributed by atoms with E-state index in [2.05, 4.69) is 12.2 Å². The second-order valence-electron chi connectivity index (χ2n) is 4.90. The molecular weight excluding hydrogens is 290 g/mol. The monoisotopic (exact) mass is 307 g/mol. The minimum atomic E-state index is -0.395. The molecule has 0 radical (unpaired) electrons. The highest BCUT2D eigenvalue weighted by molar-refractivity contribution is 6.30. The van der Waals surface area contributed by atoms with Gasteiger partial charge in [-0.2, -0.15) is 0 Å². The van der Waals surface area contributed by atoms with Crippen LogP contribution in [-0.4, -0.2) is 16.5 Å². The fourth-order valence-corrected chi connectivity index (χ4v) is 2.57. The average Bonchev–Trinajstić information content (AvgIpc) is 2.90. The van der Waals surface area contributed by atoms with Crippen LogP contribution in [0, 0.1) is 10.1 Å². The molecule has 6 heteroatoms. The molecule has 0 amide bonds. The predicted molar refractivity (Wildman–Crippen MR) is 83.7 cm³/mol. The van der Waals surface area contributed by atoms with Crippen LogP contribution in [0.4, 0.5) is 5.69 Å². The van der Waals surface area contributed by atoms with Crippen molar-refractivity contribution in [3.63, 3.8) is 0 Å². The molecule has 1 unspecified atom stereocenters. The quantitative estimate of drug-likeness (QED) is 0.653. The van der Waals surface area contributed by atoms with Gasteiger partial charge in [0, 0.05) is 35.1 Å². The van der Waals surface area contributed by atoms with Gasteiger partial charge >= 0.3 is 0 Å². The molecule has 0 saturated heterocycles. The van der Waals surface area contributed by atoms with E-state index in [4.69, 9.17) is 11.6 Å². The van der Waals surface area contributed by atoms with E-state index in [1.54, 1.807) is 12.1 Å². The lowest BCUT2D eigenvalue weighted by molar-refractivity contribution is -0.385. The van der Waals surface area contributed by atoms with Crippen molar-refractivity contribution in [1.82, 2.24) is 9.88 Å². The number of hydrogen-bond acceptors (Lipinski definition) is 3. The maximum Gasteiger partial charge on any atom is 0.275 e. The van der Waals surface area contributed by atoms with E-state index >= 15 is 0 Å². The summed E-state index contributed by atoms with van der Waals surface area (Å²) in [4.78, 5) is 10.7. The van der Waals surface area contributed by atoms with Crippen molar-refractivity contribution >= 4 is 17.3 Å². The summed E-state index contributed by atoms with van der Waals surface area (Å²) in [7, 11) is 1.93. The molecule has 21 heavy (non-hydrogen) atoms. The van der Waals surface area contributed by atoms with Gasteiger partial charge < -0.3 is 9.88 Å². The Labute approximate surface area is 128 Å². The van der Waals surface area contributed by atoms with Gasteiger partial charge in [0.2, 0.25) is 0 Å². The third-order valence-corrected chi connectivity index (χ3v) is 3.76. The van der Waals surface area contributed by atoms with E-state index in [1.165, 1.54) is 11.6 Å². The van der Waals surface area contributed by atoms with Gasteiger partial charge in [0.05, 0.1) is 11.5 Å². The van der Waals surface area contributed by atoms with E-state index in [1.807, 2.05) is 30.1 Å². The van der Waals surface area contributed by atoms with Crippen molar-refractivity contribution < 1.29 is 4.92 Å². The smallest absolute Gasteiger partial charge is 0.275 e. The van der Waals surface area contributed by atoms with Crippen molar-refractivity contribution in [1.29, 1.82) is 0 Å². The van der Waals surface area contributed by atoms with E-state index < -0.39 is 4.92 Å². The molecule has 0 aliphatic heterocycles. The lowest BCUT2D eigenvalue weighted by Gasteiger charge is -2.11. The van der Waals surface area contributed by atoms with Gasteiger partial charge in [-0.25, -0.2) is 0 Å². The van der Waals surface area contributed by atoms with Crippen LogP contribution in [0.1, 0.15) is 30.5 Å².